The van der Waals surface area contributed by atoms with E-state index < -0.39 is 23.7 Å². The summed E-state index contributed by atoms with van der Waals surface area (Å²) in [5.41, 5.74) is 3.92. The van der Waals surface area contributed by atoms with Crippen LogP contribution in [0, 0.1) is 11.6 Å². The fraction of sp³-hybridized carbons (Fsp3) is 0.312. The zero-order chi connectivity index (χ0) is 27.1. The molecule has 0 aromatic heterocycles. The normalized spacial score (nSPS) is 11.7. The van der Waals surface area contributed by atoms with Gasteiger partial charge >= 0.3 is 6.36 Å². The summed E-state index contributed by atoms with van der Waals surface area (Å²) in [7, 11) is 0. The van der Waals surface area contributed by atoms with E-state index in [4.69, 9.17) is 0 Å². The second-order valence-corrected chi connectivity index (χ2v) is 9.66. The number of aryl methyl sites for hydroxylation is 3. The highest BCUT2D eigenvalue weighted by Crippen LogP contribution is 2.33. The highest BCUT2D eigenvalue weighted by Gasteiger charge is 2.32. The molecule has 0 saturated heterocycles. The number of hydrogen-bond acceptors (Lipinski definition) is 1. The van der Waals surface area contributed by atoms with Crippen molar-refractivity contribution in [1.82, 2.24) is 0 Å². The quantitative estimate of drug-likeness (QED) is 0.140. The molecule has 0 aliphatic heterocycles. The molecule has 38 heavy (non-hydrogen) atoms. The van der Waals surface area contributed by atoms with Gasteiger partial charge in [0, 0.05) is 10.9 Å². The maximum atomic E-state index is 15.3. The molecule has 0 bridgehead atoms. The number of hydrogen-bond donors (Lipinski definition) is 0. The van der Waals surface area contributed by atoms with Crippen molar-refractivity contribution in [2.75, 3.05) is 0 Å². The second-order valence-electron chi connectivity index (χ2n) is 9.66. The van der Waals surface area contributed by atoms with Crippen molar-refractivity contribution in [3.8, 4) is 16.9 Å². The number of rotatable bonds is 11. The number of fused-ring (bicyclic) bond motifs is 1. The standard InChI is InChI=1S/C32H31F5O/c1-2-3-4-5-6-7-22-8-10-23(11-9-22)12-13-24-14-17-27-25(20-24)15-18-28(31(27)34)26-16-19-30(29(33)21-26)38-32(35,36)37/h8-11,14-21H,2-7,12-13H2,1H3. The van der Waals surface area contributed by atoms with Gasteiger partial charge in [-0.3, -0.25) is 0 Å². The molecule has 0 spiro atoms. The number of alkyl halides is 3. The Kier molecular flexibility index (Phi) is 9.03. The Hall–Kier alpha value is -3.41. The van der Waals surface area contributed by atoms with Crippen LogP contribution in [-0.4, -0.2) is 6.36 Å². The van der Waals surface area contributed by atoms with E-state index in [1.54, 1.807) is 12.1 Å². The van der Waals surface area contributed by atoms with Gasteiger partial charge < -0.3 is 4.74 Å². The van der Waals surface area contributed by atoms with Gasteiger partial charge in [0.1, 0.15) is 5.82 Å². The number of ether oxygens (including phenoxy) is 1. The van der Waals surface area contributed by atoms with Gasteiger partial charge in [-0.1, -0.05) is 93.3 Å². The van der Waals surface area contributed by atoms with E-state index in [0.717, 1.165) is 37.0 Å². The third kappa shape index (κ3) is 7.33. The monoisotopic (exact) mass is 526 g/mol. The largest absolute Gasteiger partial charge is 0.573 e. The minimum absolute atomic E-state index is 0.105. The summed E-state index contributed by atoms with van der Waals surface area (Å²) in [4.78, 5) is 0. The van der Waals surface area contributed by atoms with Gasteiger partial charge in [-0.25, -0.2) is 8.78 Å². The SMILES string of the molecule is CCCCCCCc1ccc(CCc2ccc3c(F)c(-c4ccc(OC(F)(F)F)c(F)c4)ccc3c2)cc1. The van der Waals surface area contributed by atoms with Crippen LogP contribution in [0.15, 0.2) is 72.8 Å². The molecule has 0 unspecified atom stereocenters. The Morgan fingerprint density at radius 1 is 0.658 bits per heavy atom. The predicted molar refractivity (Wildman–Crippen MR) is 142 cm³/mol. The fourth-order valence-corrected chi connectivity index (χ4v) is 4.69. The molecule has 0 heterocycles. The lowest BCUT2D eigenvalue weighted by atomic mass is 9.96. The summed E-state index contributed by atoms with van der Waals surface area (Å²) in [6, 6.07) is 20.4. The highest BCUT2D eigenvalue weighted by molar-refractivity contribution is 5.88. The number of unbranched alkanes of at least 4 members (excludes halogenated alkanes) is 4. The van der Waals surface area contributed by atoms with E-state index in [0.29, 0.717) is 10.8 Å². The van der Waals surface area contributed by atoms with Crippen LogP contribution >= 0.6 is 0 Å². The summed E-state index contributed by atoms with van der Waals surface area (Å²) < 4.78 is 70.3. The Morgan fingerprint density at radius 2 is 1.32 bits per heavy atom. The average Bonchev–Trinajstić information content (AvgIpc) is 2.89. The van der Waals surface area contributed by atoms with E-state index in [9.17, 15) is 17.6 Å². The molecule has 0 N–H and O–H groups in total. The van der Waals surface area contributed by atoms with E-state index in [2.05, 4.69) is 35.9 Å². The maximum absolute atomic E-state index is 15.3. The van der Waals surface area contributed by atoms with Gasteiger partial charge in [0.05, 0.1) is 0 Å². The van der Waals surface area contributed by atoms with E-state index >= 15 is 4.39 Å². The fourth-order valence-electron chi connectivity index (χ4n) is 4.69. The molecule has 0 aliphatic rings. The van der Waals surface area contributed by atoms with E-state index in [-0.39, 0.29) is 11.1 Å². The van der Waals surface area contributed by atoms with Crippen molar-refractivity contribution in [3.05, 3.63) is 101 Å². The summed E-state index contributed by atoms with van der Waals surface area (Å²) in [6.07, 6.45) is 4.14. The Bertz CT molecular complexity index is 1360. The van der Waals surface area contributed by atoms with Crippen LogP contribution in [0.5, 0.6) is 5.75 Å². The molecule has 200 valence electrons. The lowest BCUT2D eigenvalue weighted by Gasteiger charge is -2.12. The summed E-state index contributed by atoms with van der Waals surface area (Å²) in [5, 5.41) is 1.07. The van der Waals surface area contributed by atoms with Crippen molar-refractivity contribution in [2.24, 2.45) is 0 Å². The van der Waals surface area contributed by atoms with Crippen molar-refractivity contribution in [2.45, 2.75) is 64.7 Å². The molecule has 6 heteroatoms. The van der Waals surface area contributed by atoms with Crippen LogP contribution in [0.25, 0.3) is 21.9 Å². The van der Waals surface area contributed by atoms with Gasteiger partial charge in [0.15, 0.2) is 11.6 Å². The summed E-state index contributed by atoms with van der Waals surface area (Å²) in [6.45, 7) is 2.22. The average molecular weight is 527 g/mol. The first-order valence-electron chi connectivity index (χ1n) is 13.1. The van der Waals surface area contributed by atoms with Crippen LogP contribution in [0.2, 0.25) is 0 Å². The maximum Gasteiger partial charge on any atom is 0.573 e. The zero-order valence-corrected chi connectivity index (χ0v) is 21.4. The van der Waals surface area contributed by atoms with Crippen molar-refractivity contribution < 1.29 is 26.7 Å². The first kappa shape index (κ1) is 27.6. The van der Waals surface area contributed by atoms with Crippen molar-refractivity contribution in [1.29, 1.82) is 0 Å². The molecule has 0 saturated carbocycles. The molecule has 0 fully saturated rings. The van der Waals surface area contributed by atoms with Crippen LogP contribution in [0.1, 0.15) is 55.7 Å². The summed E-state index contributed by atoms with van der Waals surface area (Å²) >= 11 is 0. The van der Waals surface area contributed by atoms with Crippen LogP contribution < -0.4 is 4.74 Å². The Balaban J connectivity index is 1.41. The molecule has 0 amide bonds. The predicted octanol–water partition coefficient (Wildman–Crippen LogP) is 9.98. The number of halogens is 5. The van der Waals surface area contributed by atoms with Crippen LogP contribution in [-0.2, 0) is 19.3 Å². The first-order chi connectivity index (χ1) is 18.2. The van der Waals surface area contributed by atoms with E-state index in [1.807, 2.05) is 12.1 Å². The third-order valence-electron chi connectivity index (χ3n) is 6.78. The lowest BCUT2D eigenvalue weighted by Crippen LogP contribution is -2.17. The topological polar surface area (TPSA) is 9.23 Å². The third-order valence-corrected chi connectivity index (χ3v) is 6.78. The van der Waals surface area contributed by atoms with Crippen molar-refractivity contribution >= 4 is 10.8 Å². The van der Waals surface area contributed by atoms with Crippen molar-refractivity contribution in [3.63, 3.8) is 0 Å². The zero-order valence-electron chi connectivity index (χ0n) is 21.4. The van der Waals surface area contributed by atoms with Gasteiger partial charge in [0.2, 0.25) is 0 Å². The minimum atomic E-state index is -5.01. The summed E-state index contributed by atoms with van der Waals surface area (Å²) in [5.74, 6) is -2.72. The van der Waals surface area contributed by atoms with Gasteiger partial charge in [-0.05, 0) is 65.5 Å². The van der Waals surface area contributed by atoms with Crippen LogP contribution in [0.3, 0.4) is 0 Å². The molecular weight excluding hydrogens is 495 g/mol. The molecule has 4 rings (SSSR count). The van der Waals surface area contributed by atoms with Gasteiger partial charge in [0.25, 0.3) is 0 Å². The van der Waals surface area contributed by atoms with Crippen LogP contribution in [0.4, 0.5) is 22.0 Å². The van der Waals surface area contributed by atoms with Gasteiger partial charge in [-0.2, -0.15) is 0 Å². The van der Waals surface area contributed by atoms with Gasteiger partial charge in [-0.15, -0.1) is 13.2 Å². The minimum Gasteiger partial charge on any atom is -0.403 e. The lowest BCUT2D eigenvalue weighted by molar-refractivity contribution is -0.275. The Morgan fingerprint density at radius 3 is 2.00 bits per heavy atom. The highest BCUT2D eigenvalue weighted by atomic mass is 19.4. The molecule has 0 aliphatic carbocycles. The molecule has 4 aromatic carbocycles. The van der Waals surface area contributed by atoms with E-state index in [1.165, 1.54) is 55.4 Å². The first-order valence-corrected chi connectivity index (χ1v) is 13.1. The second kappa shape index (κ2) is 12.4. The number of benzene rings is 4. The molecule has 0 atom stereocenters. The molecule has 0 radical (unpaired) electrons. The smallest absolute Gasteiger partial charge is 0.403 e. The molecular formula is C32H31F5O. The molecule has 1 nitrogen and oxygen atoms in total. The Labute approximate surface area is 220 Å². The molecule has 4 aromatic rings.